The number of carbonyl (C=O) groups excluding carboxylic acids is 1. The minimum absolute atomic E-state index is 0.0385. The molecule has 6 nitrogen and oxygen atoms in total. The van der Waals surface area contributed by atoms with Gasteiger partial charge in [-0.15, -0.1) is 0 Å². The van der Waals surface area contributed by atoms with Crippen molar-refractivity contribution >= 4 is 28.5 Å². The first-order valence-corrected chi connectivity index (χ1v) is 7.19. The standard InChI is InChI=1S/C12H16IN3O3/c1-18-12-9(14-7-10(13)16-12)6-15-11(17)8-2-4-19-5-3-8/h7-8H,2-6H2,1H3,(H,15,17). The summed E-state index contributed by atoms with van der Waals surface area (Å²) in [6, 6.07) is 0. The number of nitrogens with zero attached hydrogens (tertiary/aromatic N) is 2. The van der Waals surface area contributed by atoms with E-state index in [1.807, 2.05) is 0 Å². The Morgan fingerprint density at radius 2 is 2.32 bits per heavy atom. The number of aromatic nitrogens is 2. The lowest BCUT2D eigenvalue weighted by molar-refractivity contribution is -0.128. The van der Waals surface area contributed by atoms with E-state index in [-0.39, 0.29) is 11.8 Å². The molecule has 1 amide bonds. The zero-order valence-electron chi connectivity index (χ0n) is 10.7. The number of hydrogen-bond donors (Lipinski definition) is 1. The lowest BCUT2D eigenvalue weighted by atomic mass is 9.99. The van der Waals surface area contributed by atoms with E-state index in [1.54, 1.807) is 13.3 Å². The average Bonchev–Trinajstić information content (AvgIpc) is 2.46. The molecule has 0 bridgehead atoms. The Morgan fingerprint density at radius 3 is 3.00 bits per heavy atom. The van der Waals surface area contributed by atoms with Gasteiger partial charge in [0.25, 0.3) is 0 Å². The van der Waals surface area contributed by atoms with Gasteiger partial charge in [-0.1, -0.05) is 0 Å². The molecule has 0 aliphatic carbocycles. The number of rotatable bonds is 4. The van der Waals surface area contributed by atoms with Crippen LogP contribution in [0.15, 0.2) is 6.20 Å². The highest BCUT2D eigenvalue weighted by Gasteiger charge is 2.21. The average molecular weight is 377 g/mol. The van der Waals surface area contributed by atoms with E-state index in [4.69, 9.17) is 9.47 Å². The summed E-state index contributed by atoms with van der Waals surface area (Å²) in [4.78, 5) is 20.4. The van der Waals surface area contributed by atoms with Crippen LogP contribution in [0.2, 0.25) is 0 Å². The number of nitrogens with one attached hydrogen (secondary N) is 1. The Bertz CT molecular complexity index is 450. The van der Waals surface area contributed by atoms with Gasteiger partial charge in [0.05, 0.1) is 19.9 Å². The third kappa shape index (κ3) is 4.00. The molecule has 19 heavy (non-hydrogen) atoms. The van der Waals surface area contributed by atoms with E-state index in [2.05, 4.69) is 37.9 Å². The van der Waals surface area contributed by atoms with Crippen LogP contribution in [0.1, 0.15) is 18.5 Å². The van der Waals surface area contributed by atoms with Crippen molar-refractivity contribution in [3.8, 4) is 5.88 Å². The normalized spacial score (nSPS) is 16.1. The zero-order chi connectivity index (χ0) is 13.7. The van der Waals surface area contributed by atoms with Gasteiger partial charge in [-0.05, 0) is 35.4 Å². The van der Waals surface area contributed by atoms with E-state index in [0.29, 0.717) is 31.3 Å². The third-order valence-corrected chi connectivity index (χ3v) is 3.52. The van der Waals surface area contributed by atoms with Crippen molar-refractivity contribution in [3.05, 3.63) is 15.6 Å². The highest BCUT2D eigenvalue weighted by atomic mass is 127. The van der Waals surface area contributed by atoms with Gasteiger partial charge in [0.1, 0.15) is 9.39 Å². The zero-order valence-corrected chi connectivity index (χ0v) is 12.8. The fourth-order valence-corrected chi connectivity index (χ4v) is 2.29. The van der Waals surface area contributed by atoms with E-state index in [0.717, 1.165) is 16.5 Å². The van der Waals surface area contributed by atoms with Crippen LogP contribution in [0.25, 0.3) is 0 Å². The van der Waals surface area contributed by atoms with Gasteiger partial charge < -0.3 is 14.8 Å². The molecule has 0 atom stereocenters. The number of methoxy groups -OCH3 is 1. The molecule has 104 valence electrons. The highest BCUT2D eigenvalue weighted by Crippen LogP contribution is 2.16. The van der Waals surface area contributed by atoms with Gasteiger partial charge in [-0.2, -0.15) is 0 Å². The first-order chi connectivity index (χ1) is 9.20. The molecule has 1 aliphatic heterocycles. The molecule has 2 rings (SSSR count). The number of ether oxygens (including phenoxy) is 2. The molecule has 1 aliphatic rings. The number of amides is 1. The highest BCUT2D eigenvalue weighted by molar-refractivity contribution is 14.1. The molecular formula is C12H16IN3O3. The van der Waals surface area contributed by atoms with Gasteiger partial charge >= 0.3 is 0 Å². The van der Waals surface area contributed by atoms with Gasteiger partial charge in [-0.25, -0.2) is 4.98 Å². The van der Waals surface area contributed by atoms with Crippen LogP contribution in [0, 0.1) is 9.62 Å². The number of hydrogen-bond acceptors (Lipinski definition) is 5. The van der Waals surface area contributed by atoms with Crippen LogP contribution in [0.5, 0.6) is 5.88 Å². The first kappa shape index (κ1) is 14.4. The lowest BCUT2D eigenvalue weighted by Gasteiger charge is -2.21. The summed E-state index contributed by atoms with van der Waals surface area (Å²) < 4.78 is 11.2. The van der Waals surface area contributed by atoms with Gasteiger partial charge in [0.2, 0.25) is 11.8 Å². The minimum atomic E-state index is 0.0385. The summed E-state index contributed by atoms with van der Waals surface area (Å²) in [5, 5.41) is 2.88. The third-order valence-electron chi connectivity index (χ3n) is 3.00. The van der Waals surface area contributed by atoms with Crippen molar-refractivity contribution in [2.45, 2.75) is 19.4 Å². The molecule has 1 aromatic rings. The SMILES string of the molecule is COc1nc(I)cnc1CNC(=O)C1CCOCC1. The molecule has 1 saturated heterocycles. The fourth-order valence-electron chi connectivity index (χ4n) is 1.94. The molecule has 7 heteroatoms. The summed E-state index contributed by atoms with van der Waals surface area (Å²) in [6.45, 7) is 1.65. The molecule has 0 unspecified atom stereocenters. The van der Waals surface area contributed by atoms with Crippen LogP contribution >= 0.6 is 22.6 Å². The molecule has 1 N–H and O–H groups in total. The minimum Gasteiger partial charge on any atom is -0.480 e. The van der Waals surface area contributed by atoms with Crippen LogP contribution < -0.4 is 10.1 Å². The Kier molecular flexibility index (Phi) is 5.32. The summed E-state index contributed by atoms with van der Waals surface area (Å²) in [5.41, 5.74) is 0.642. The molecule has 2 heterocycles. The van der Waals surface area contributed by atoms with Gasteiger partial charge in [0.15, 0.2) is 0 Å². The predicted octanol–water partition coefficient (Wildman–Crippen LogP) is 1.13. The van der Waals surface area contributed by atoms with E-state index in [1.165, 1.54) is 0 Å². The smallest absolute Gasteiger partial charge is 0.238 e. The van der Waals surface area contributed by atoms with Crippen LogP contribution in [0.4, 0.5) is 0 Å². The largest absolute Gasteiger partial charge is 0.480 e. The summed E-state index contributed by atoms with van der Waals surface area (Å²) >= 11 is 2.07. The Morgan fingerprint density at radius 1 is 1.58 bits per heavy atom. The lowest BCUT2D eigenvalue weighted by Crippen LogP contribution is -2.34. The summed E-state index contributed by atoms with van der Waals surface area (Å²) in [5.74, 6) is 0.543. The quantitative estimate of drug-likeness (QED) is 0.797. The van der Waals surface area contributed by atoms with Gasteiger partial charge in [0, 0.05) is 19.1 Å². The van der Waals surface area contributed by atoms with Crippen molar-refractivity contribution < 1.29 is 14.3 Å². The Labute approximate surface area is 125 Å². The maximum atomic E-state index is 12.0. The molecule has 0 spiro atoms. The fraction of sp³-hybridized carbons (Fsp3) is 0.583. The predicted molar refractivity (Wildman–Crippen MR) is 76.7 cm³/mol. The molecular weight excluding hydrogens is 361 g/mol. The second kappa shape index (κ2) is 6.99. The molecule has 1 aromatic heterocycles. The molecule has 0 saturated carbocycles. The molecule has 0 radical (unpaired) electrons. The second-order valence-corrected chi connectivity index (χ2v) is 5.36. The van der Waals surface area contributed by atoms with Crippen molar-refractivity contribution in [2.24, 2.45) is 5.92 Å². The second-order valence-electron chi connectivity index (χ2n) is 4.25. The topological polar surface area (TPSA) is 73.3 Å². The van der Waals surface area contributed by atoms with Crippen molar-refractivity contribution in [1.82, 2.24) is 15.3 Å². The van der Waals surface area contributed by atoms with Crippen molar-refractivity contribution in [2.75, 3.05) is 20.3 Å². The van der Waals surface area contributed by atoms with E-state index >= 15 is 0 Å². The van der Waals surface area contributed by atoms with Crippen LogP contribution in [-0.4, -0.2) is 36.2 Å². The number of carbonyl (C=O) groups is 1. The number of halogens is 1. The maximum absolute atomic E-state index is 12.0. The Balaban J connectivity index is 1.92. The molecule has 1 fully saturated rings. The van der Waals surface area contributed by atoms with Crippen molar-refractivity contribution in [1.29, 1.82) is 0 Å². The Hall–Kier alpha value is -0.960. The van der Waals surface area contributed by atoms with Crippen molar-refractivity contribution in [3.63, 3.8) is 0 Å². The van der Waals surface area contributed by atoms with Gasteiger partial charge in [-0.3, -0.25) is 9.78 Å². The first-order valence-electron chi connectivity index (χ1n) is 6.11. The van der Waals surface area contributed by atoms with Crippen LogP contribution in [-0.2, 0) is 16.1 Å². The van der Waals surface area contributed by atoms with E-state index in [9.17, 15) is 4.79 Å². The summed E-state index contributed by atoms with van der Waals surface area (Å²) in [7, 11) is 1.55. The maximum Gasteiger partial charge on any atom is 0.238 e. The molecule has 0 aromatic carbocycles. The van der Waals surface area contributed by atoms with E-state index < -0.39 is 0 Å². The summed E-state index contributed by atoms with van der Waals surface area (Å²) in [6.07, 6.45) is 3.21. The monoisotopic (exact) mass is 377 g/mol. The van der Waals surface area contributed by atoms with Crippen LogP contribution in [0.3, 0.4) is 0 Å².